The van der Waals surface area contributed by atoms with Gasteiger partial charge in [-0.05, 0) is 12.3 Å². The Hall–Kier alpha value is -0.830. The molecule has 68 valence electrons. The van der Waals surface area contributed by atoms with Crippen LogP contribution < -0.4 is 0 Å². The lowest BCUT2D eigenvalue weighted by atomic mass is 9.82. The molecule has 1 aliphatic rings. The van der Waals surface area contributed by atoms with Crippen LogP contribution in [0.2, 0.25) is 0 Å². The van der Waals surface area contributed by atoms with Crippen molar-refractivity contribution in [3.8, 4) is 0 Å². The van der Waals surface area contributed by atoms with Crippen molar-refractivity contribution >= 4 is 5.97 Å². The third-order valence-corrected chi connectivity index (χ3v) is 2.30. The monoisotopic (exact) mass is 170 g/mol. The molecule has 0 saturated heterocycles. The largest absolute Gasteiger partial charge is 0.469 e. The molecule has 0 fully saturated rings. The van der Waals surface area contributed by atoms with Crippen molar-refractivity contribution in [1.29, 1.82) is 0 Å². The minimum Gasteiger partial charge on any atom is -0.469 e. The number of esters is 1. The molecule has 1 rings (SSSR count). The Morgan fingerprint density at radius 2 is 2.33 bits per heavy atom. The molecule has 3 heteroatoms. The van der Waals surface area contributed by atoms with Crippen molar-refractivity contribution in [2.45, 2.75) is 19.4 Å². The van der Waals surface area contributed by atoms with Gasteiger partial charge >= 0.3 is 5.97 Å². The van der Waals surface area contributed by atoms with E-state index in [9.17, 15) is 9.90 Å². The summed E-state index contributed by atoms with van der Waals surface area (Å²) in [7, 11) is 1.35. The molecule has 3 atom stereocenters. The SMILES string of the molecule is COC(=O)C1C(O)C=CC[C@H]1C. The van der Waals surface area contributed by atoms with Gasteiger partial charge in [0, 0.05) is 0 Å². The van der Waals surface area contributed by atoms with Crippen LogP contribution in [0, 0.1) is 11.8 Å². The van der Waals surface area contributed by atoms with E-state index in [1.807, 2.05) is 13.0 Å². The highest BCUT2D eigenvalue weighted by molar-refractivity contribution is 5.73. The summed E-state index contributed by atoms with van der Waals surface area (Å²) in [6.45, 7) is 1.94. The summed E-state index contributed by atoms with van der Waals surface area (Å²) < 4.78 is 4.60. The first-order valence-electron chi connectivity index (χ1n) is 4.09. The van der Waals surface area contributed by atoms with Gasteiger partial charge in [0.1, 0.15) is 0 Å². The maximum atomic E-state index is 11.2. The van der Waals surface area contributed by atoms with Crippen molar-refractivity contribution in [3.63, 3.8) is 0 Å². The lowest BCUT2D eigenvalue weighted by Gasteiger charge is -2.26. The van der Waals surface area contributed by atoms with Gasteiger partial charge in [-0.15, -0.1) is 0 Å². The molecule has 0 amide bonds. The van der Waals surface area contributed by atoms with E-state index in [2.05, 4.69) is 4.74 Å². The maximum absolute atomic E-state index is 11.2. The molecule has 0 aromatic rings. The first-order chi connectivity index (χ1) is 5.66. The Balaban J connectivity index is 2.72. The van der Waals surface area contributed by atoms with Crippen molar-refractivity contribution in [2.24, 2.45) is 11.8 Å². The summed E-state index contributed by atoms with van der Waals surface area (Å²) in [5.74, 6) is -0.545. The fourth-order valence-corrected chi connectivity index (χ4v) is 1.54. The van der Waals surface area contributed by atoms with Crippen molar-refractivity contribution in [1.82, 2.24) is 0 Å². The second-order valence-corrected chi connectivity index (χ2v) is 3.18. The number of methoxy groups -OCH3 is 1. The van der Waals surface area contributed by atoms with Gasteiger partial charge in [-0.25, -0.2) is 0 Å². The van der Waals surface area contributed by atoms with Crippen LogP contribution in [0.4, 0.5) is 0 Å². The maximum Gasteiger partial charge on any atom is 0.311 e. The lowest BCUT2D eigenvalue weighted by Crippen LogP contribution is -2.35. The number of allylic oxidation sites excluding steroid dienone is 1. The van der Waals surface area contributed by atoms with Crippen LogP contribution >= 0.6 is 0 Å². The van der Waals surface area contributed by atoms with Gasteiger partial charge in [0.15, 0.2) is 0 Å². The second kappa shape index (κ2) is 3.72. The zero-order valence-electron chi connectivity index (χ0n) is 7.36. The Labute approximate surface area is 72.0 Å². The first kappa shape index (κ1) is 9.26. The smallest absolute Gasteiger partial charge is 0.311 e. The van der Waals surface area contributed by atoms with Crippen LogP contribution in [0.15, 0.2) is 12.2 Å². The molecule has 0 bridgehead atoms. The van der Waals surface area contributed by atoms with Crippen molar-refractivity contribution < 1.29 is 14.6 Å². The third kappa shape index (κ3) is 1.67. The van der Waals surface area contributed by atoms with Crippen LogP contribution in [0.5, 0.6) is 0 Å². The van der Waals surface area contributed by atoms with E-state index >= 15 is 0 Å². The van der Waals surface area contributed by atoms with Crippen LogP contribution in [0.25, 0.3) is 0 Å². The van der Waals surface area contributed by atoms with Crippen LogP contribution in [-0.4, -0.2) is 24.3 Å². The number of aliphatic hydroxyl groups is 1. The zero-order chi connectivity index (χ0) is 9.14. The van der Waals surface area contributed by atoms with Gasteiger partial charge in [-0.1, -0.05) is 19.1 Å². The van der Waals surface area contributed by atoms with Gasteiger partial charge in [-0.3, -0.25) is 4.79 Å². The Bertz CT molecular complexity index is 198. The van der Waals surface area contributed by atoms with Gasteiger partial charge in [0.25, 0.3) is 0 Å². The normalized spacial score (nSPS) is 34.8. The summed E-state index contributed by atoms with van der Waals surface area (Å²) >= 11 is 0. The predicted molar refractivity (Wildman–Crippen MR) is 44.4 cm³/mol. The van der Waals surface area contributed by atoms with E-state index in [0.29, 0.717) is 0 Å². The van der Waals surface area contributed by atoms with Gasteiger partial charge in [-0.2, -0.15) is 0 Å². The van der Waals surface area contributed by atoms with Gasteiger partial charge in [0.2, 0.25) is 0 Å². The Kier molecular flexibility index (Phi) is 2.87. The summed E-state index contributed by atoms with van der Waals surface area (Å²) in [5.41, 5.74) is 0. The topological polar surface area (TPSA) is 46.5 Å². The molecule has 1 aliphatic carbocycles. The average molecular weight is 170 g/mol. The molecule has 0 heterocycles. The van der Waals surface area contributed by atoms with E-state index in [-0.39, 0.29) is 17.8 Å². The summed E-state index contributed by atoms with van der Waals surface area (Å²) in [6.07, 6.45) is 3.70. The van der Waals surface area contributed by atoms with Crippen molar-refractivity contribution in [3.05, 3.63) is 12.2 Å². The molecule has 3 nitrogen and oxygen atoms in total. The fourth-order valence-electron chi connectivity index (χ4n) is 1.54. The van der Waals surface area contributed by atoms with E-state index in [1.54, 1.807) is 6.08 Å². The molecule has 0 spiro atoms. The summed E-state index contributed by atoms with van der Waals surface area (Å²) in [4.78, 5) is 11.2. The van der Waals surface area contributed by atoms with E-state index in [4.69, 9.17) is 0 Å². The molecular formula is C9H14O3. The predicted octanol–water partition coefficient (Wildman–Crippen LogP) is 0.732. The van der Waals surface area contributed by atoms with Crippen LogP contribution in [0.3, 0.4) is 0 Å². The zero-order valence-corrected chi connectivity index (χ0v) is 7.36. The van der Waals surface area contributed by atoms with Crippen LogP contribution in [-0.2, 0) is 9.53 Å². The lowest BCUT2D eigenvalue weighted by molar-refractivity contribution is -0.151. The van der Waals surface area contributed by atoms with E-state index < -0.39 is 6.10 Å². The number of hydrogen-bond donors (Lipinski definition) is 1. The molecule has 0 radical (unpaired) electrons. The molecule has 0 aromatic carbocycles. The molecule has 0 aromatic heterocycles. The molecule has 0 saturated carbocycles. The molecule has 2 unspecified atom stereocenters. The molecule has 12 heavy (non-hydrogen) atoms. The number of ether oxygens (including phenoxy) is 1. The van der Waals surface area contributed by atoms with Crippen LogP contribution in [0.1, 0.15) is 13.3 Å². The first-order valence-corrected chi connectivity index (χ1v) is 4.09. The van der Waals surface area contributed by atoms with Gasteiger partial charge in [0.05, 0.1) is 19.1 Å². The quantitative estimate of drug-likeness (QED) is 0.466. The highest BCUT2D eigenvalue weighted by Gasteiger charge is 2.33. The third-order valence-electron chi connectivity index (χ3n) is 2.30. The fraction of sp³-hybridized carbons (Fsp3) is 0.667. The van der Waals surface area contributed by atoms with Gasteiger partial charge < -0.3 is 9.84 Å². The molecule has 1 N–H and O–H groups in total. The van der Waals surface area contributed by atoms with E-state index in [1.165, 1.54) is 7.11 Å². The number of carbonyl (C=O) groups excluding carboxylic acids is 1. The molecule has 0 aliphatic heterocycles. The van der Waals surface area contributed by atoms with Crippen molar-refractivity contribution in [2.75, 3.05) is 7.11 Å². The standard InChI is InChI=1S/C9H14O3/c1-6-4-3-5-7(10)8(6)9(11)12-2/h3,5-8,10H,4H2,1-2H3/t6-,7?,8?/m1/s1. The van der Waals surface area contributed by atoms with E-state index in [0.717, 1.165) is 6.42 Å². The Morgan fingerprint density at radius 1 is 1.67 bits per heavy atom. The minimum atomic E-state index is -0.679. The molecular weight excluding hydrogens is 156 g/mol. The number of carbonyl (C=O) groups is 1. The number of hydrogen-bond acceptors (Lipinski definition) is 3. The summed E-state index contributed by atoms with van der Waals surface area (Å²) in [6, 6.07) is 0. The average Bonchev–Trinajstić information content (AvgIpc) is 2.03. The summed E-state index contributed by atoms with van der Waals surface area (Å²) in [5, 5.41) is 9.45. The Morgan fingerprint density at radius 3 is 2.83 bits per heavy atom. The highest BCUT2D eigenvalue weighted by atomic mass is 16.5. The number of aliphatic hydroxyl groups excluding tert-OH is 1. The minimum absolute atomic E-state index is 0.164. The number of rotatable bonds is 1. The highest BCUT2D eigenvalue weighted by Crippen LogP contribution is 2.26. The second-order valence-electron chi connectivity index (χ2n) is 3.18.